The zero-order chi connectivity index (χ0) is 15.0. The number of para-hydroxylation sites is 1. The second-order valence-electron chi connectivity index (χ2n) is 4.87. The van der Waals surface area contributed by atoms with E-state index in [4.69, 9.17) is 0 Å². The smallest absolute Gasteiger partial charge is 0.405 e. The van der Waals surface area contributed by atoms with Crippen LogP contribution in [0.5, 0.6) is 5.75 Å². The van der Waals surface area contributed by atoms with Crippen molar-refractivity contribution in [3.8, 4) is 5.75 Å². The summed E-state index contributed by atoms with van der Waals surface area (Å²) < 4.78 is 40.7. The van der Waals surface area contributed by atoms with Gasteiger partial charge in [-0.15, -0.1) is 13.2 Å². The average Bonchev–Trinajstić information content (AvgIpc) is 2.33. The fourth-order valence-corrected chi connectivity index (χ4v) is 1.62. The molecule has 0 radical (unpaired) electrons. The first-order chi connectivity index (χ1) is 9.38. The van der Waals surface area contributed by atoms with E-state index in [9.17, 15) is 13.2 Å². The molecule has 0 aliphatic heterocycles. The Kier molecular flexibility index (Phi) is 6.58. The Hall–Kier alpha value is -1.49. The summed E-state index contributed by atoms with van der Waals surface area (Å²) in [6.07, 6.45) is -0.417. The minimum Gasteiger partial charge on any atom is -0.405 e. The molecule has 1 aromatic carbocycles. The molecule has 20 heavy (non-hydrogen) atoms. The highest BCUT2D eigenvalue weighted by Crippen LogP contribution is 2.26. The first-order valence-corrected chi connectivity index (χ1v) is 6.60. The topological polar surface area (TPSA) is 21.3 Å². The van der Waals surface area contributed by atoms with Gasteiger partial charge in [0.25, 0.3) is 0 Å². The van der Waals surface area contributed by atoms with E-state index in [0.717, 1.165) is 19.5 Å². The summed E-state index contributed by atoms with van der Waals surface area (Å²) in [5, 5.41) is 3.26. The van der Waals surface area contributed by atoms with Gasteiger partial charge in [-0.3, -0.25) is 0 Å². The SMILES string of the molecule is CC(C)CNCCC=Cc1ccccc1OC(F)(F)F. The lowest BCUT2D eigenvalue weighted by Gasteiger charge is -2.11. The Labute approximate surface area is 117 Å². The molecule has 5 heteroatoms. The van der Waals surface area contributed by atoms with Crippen LogP contribution in [-0.2, 0) is 0 Å². The molecular weight excluding hydrogens is 267 g/mol. The van der Waals surface area contributed by atoms with Crippen molar-refractivity contribution in [1.82, 2.24) is 5.32 Å². The molecule has 0 aromatic heterocycles. The maximum Gasteiger partial charge on any atom is 0.573 e. The van der Waals surface area contributed by atoms with Gasteiger partial charge in [0.05, 0.1) is 0 Å². The van der Waals surface area contributed by atoms with Crippen molar-refractivity contribution in [2.45, 2.75) is 26.6 Å². The van der Waals surface area contributed by atoms with Crippen LogP contribution in [0.2, 0.25) is 0 Å². The molecule has 0 heterocycles. The summed E-state index contributed by atoms with van der Waals surface area (Å²) in [4.78, 5) is 0. The fraction of sp³-hybridized carbons (Fsp3) is 0.467. The van der Waals surface area contributed by atoms with E-state index in [1.807, 2.05) is 6.08 Å². The molecule has 0 bridgehead atoms. The molecule has 0 aliphatic carbocycles. The number of ether oxygens (including phenoxy) is 1. The minimum absolute atomic E-state index is 0.175. The summed E-state index contributed by atoms with van der Waals surface area (Å²) in [6, 6.07) is 6.10. The third-order valence-corrected chi connectivity index (χ3v) is 2.48. The zero-order valence-corrected chi connectivity index (χ0v) is 11.7. The standard InChI is InChI=1S/C15H20F3NO/c1-12(2)11-19-10-6-5-8-13-7-3-4-9-14(13)20-15(16,17)18/h3-5,7-9,12,19H,6,10-11H2,1-2H3. The maximum atomic E-state index is 12.2. The van der Waals surface area contributed by atoms with E-state index in [2.05, 4.69) is 23.9 Å². The van der Waals surface area contributed by atoms with Gasteiger partial charge in [-0.25, -0.2) is 0 Å². The lowest BCUT2D eigenvalue weighted by atomic mass is 10.1. The molecule has 0 saturated carbocycles. The van der Waals surface area contributed by atoms with Gasteiger partial charge in [-0.1, -0.05) is 44.2 Å². The summed E-state index contributed by atoms with van der Waals surface area (Å²) in [5.41, 5.74) is 0.425. The predicted molar refractivity (Wildman–Crippen MR) is 74.5 cm³/mol. The van der Waals surface area contributed by atoms with E-state index < -0.39 is 6.36 Å². The highest BCUT2D eigenvalue weighted by Gasteiger charge is 2.31. The molecule has 112 valence electrons. The maximum absolute atomic E-state index is 12.2. The van der Waals surface area contributed by atoms with Gasteiger partial charge < -0.3 is 10.1 Å². The van der Waals surface area contributed by atoms with Crippen LogP contribution in [0.3, 0.4) is 0 Å². The largest absolute Gasteiger partial charge is 0.573 e. The highest BCUT2D eigenvalue weighted by molar-refractivity contribution is 5.57. The second kappa shape index (κ2) is 7.94. The van der Waals surface area contributed by atoms with Crippen molar-refractivity contribution in [2.75, 3.05) is 13.1 Å². The average molecular weight is 287 g/mol. The van der Waals surface area contributed by atoms with E-state index in [-0.39, 0.29) is 5.75 Å². The highest BCUT2D eigenvalue weighted by atomic mass is 19.4. The van der Waals surface area contributed by atoms with Gasteiger partial charge in [0.1, 0.15) is 5.75 Å². The Morgan fingerprint density at radius 3 is 2.60 bits per heavy atom. The third kappa shape index (κ3) is 7.19. The molecule has 1 aromatic rings. The molecule has 0 saturated heterocycles. The van der Waals surface area contributed by atoms with Crippen LogP contribution in [0.1, 0.15) is 25.8 Å². The van der Waals surface area contributed by atoms with Gasteiger partial charge in [0, 0.05) is 5.56 Å². The van der Waals surface area contributed by atoms with Crippen LogP contribution in [0, 0.1) is 5.92 Å². The van der Waals surface area contributed by atoms with Gasteiger partial charge >= 0.3 is 6.36 Å². The van der Waals surface area contributed by atoms with E-state index in [1.165, 1.54) is 12.1 Å². The first kappa shape index (κ1) is 16.6. The van der Waals surface area contributed by atoms with E-state index in [0.29, 0.717) is 11.5 Å². The summed E-state index contributed by atoms with van der Waals surface area (Å²) in [6.45, 7) is 5.97. The number of halogens is 3. The van der Waals surface area contributed by atoms with Crippen molar-refractivity contribution >= 4 is 6.08 Å². The second-order valence-corrected chi connectivity index (χ2v) is 4.87. The van der Waals surface area contributed by atoms with Crippen LogP contribution < -0.4 is 10.1 Å². The number of nitrogens with one attached hydrogen (secondary N) is 1. The predicted octanol–water partition coefficient (Wildman–Crippen LogP) is 4.23. The normalized spacial score (nSPS) is 12.3. The minimum atomic E-state index is -4.66. The molecule has 1 rings (SSSR count). The Balaban J connectivity index is 2.50. The van der Waals surface area contributed by atoms with Crippen molar-refractivity contribution < 1.29 is 17.9 Å². The lowest BCUT2D eigenvalue weighted by molar-refractivity contribution is -0.274. The first-order valence-electron chi connectivity index (χ1n) is 6.60. The zero-order valence-electron chi connectivity index (χ0n) is 11.7. The summed E-state index contributed by atoms with van der Waals surface area (Å²) >= 11 is 0. The van der Waals surface area contributed by atoms with Crippen LogP contribution >= 0.6 is 0 Å². The molecule has 0 aliphatic rings. The van der Waals surface area contributed by atoms with Gasteiger partial charge in [-0.05, 0) is 31.5 Å². The molecule has 0 fully saturated rings. The van der Waals surface area contributed by atoms with Crippen LogP contribution in [-0.4, -0.2) is 19.5 Å². The molecule has 0 amide bonds. The number of alkyl halides is 3. The van der Waals surface area contributed by atoms with Crippen LogP contribution in [0.25, 0.3) is 6.08 Å². The Bertz CT molecular complexity index is 427. The molecular formula is C15H20F3NO. The van der Waals surface area contributed by atoms with Crippen LogP contribution in [0.4, 0.5) is 13.2 Å². The van der Waals surface area contributed by atoms with Crippen LogP contribution in [0.15, 0.2) is 30.3 Å². The molecule has 1 N–H and O–H groups in total. The number of benzene rings is 1. The number of hydrogen-bond donors (Lipinski definition) is 1. The summed E-state index contributed by atoms with van der Waals surface area (Å²) in [7, 11) is 0. The lowest BCUT2D eigenvalue weighted by Crippen LogP contribution is -2.20. The van der Waals surface area contributed by atoms with E-state index in [1.54, 1.807) is 18.2 Å². The molecule has 2 nitrogen and oxygen atoms in total. The third-order valence-electron chi connectivity index (χ3n) is 2.48. The quantitative estimate of drug-likeness (QED) is 0.758. The molecule has 0 unspecified atom stereocenters. The summed E-state index contributed by atoms with van der Waals surface area (Å²) in [5.74, 6) is 0.409. The van der Waals surface area contributed by atoms with Crippen molar-refractivity contribution in [1.29, 1.82) is 0 Å². The molecule has 0 spiro atoms. The van der Waals surface area contributed by atoms with Gasteiger partial charge in [0.2, 0.25) is 0 Å². The number of hydrogen-bond acceptors (Lipinski definition) is 2. The van der Waals surface area contributed by atoms with Crippen molar-refractivity contribution in [3.63, 3.8) is 0 Å². The monoisotopic (exact) mass is 287 g/mol. The van der Waals surface area contributed by atoms with Gasteiger partial charge in [0.15, 0.2) is 0 Å². The Morgan fingerprint density at radius 1 is 1.25 bits per heavy atom. The van der Waals surface area contributed by atoms with Gasteiger partial charge in [-0.2, -0.15) is 0 Å². The Morgan fingerprint density at radius 2 is 1.95 bits per heavy atom. The fourth-order valence-electron chi connectivity index (χ4n) is 1.62. The number of rotatable bonds is 7. The van der Waals surface area contributed by atoms with E-state index >= 15 is 0 Å². The van der Waals surface area contributed by atoms with Crippen molar-refractivity contribution in [2.24, 2.45) is 5.92 Å². The molecule has 0 atom stereocenters. The van der Waals surface area contributed by atoms with Crippen molar-refractivity contribution in [3.05, 3.63) is 35.9 Å².